The van der Waals surface area contributed by atoms with Crippen LogP contribution in [-0.4, -0.2) is 19.3 Å². The summed E-state index contributed by atoms with van der Waals surface area (Å²) in [6, 6.07) is 13.3. The maximum absolute atomic E-state index is 12.3. The lowest BCUT2D eigenvalue weighted by molar-refractivity contribution is 0.102. The van der Waals surface area contributed by atoms with Crippen LogP contribution in [0.4, 0.5) is 5.69 Å². The van der Waals surface area contributed by atoms with Gasteiger partial charge in [-0.15, -0.1) is 11.8 Å². The first-order valence-corrected chi connectivity index (χ1v) is 7.47. The van der Waals surface area contributed by atoms with Crippen molar-refractivity contribution in [2.45, 2.75) is 11.8 Å². The number of ether oxygens (including phenoxy) is 1. The number of aryl methyl sites for hydroxylation is 1. The van der Waals surface area contributed by atoms with Crippen molar-refractivity contribution < 1.29 is 9.53 Å². The third-order valence-electron chi connectivity index (χ3n) is 3.05. The quantitative estimate of drug-likeness (QED) is 0.864. The topological polar surface area (TPSA) is 38.3 Å². The van der Waals surface area contributed by atoms with Gasteiger partial charge < -0.3 is 10.1 Å². The van der Waals surface area contributed by atoms with E-state index in [2.05, 4.69) is 5.32 Å². The number of para-hydroxylation sites is 1. The fraction of sp³-hybridized carbons (Fsp3) is 0.188. The summed E-state index contributed by atoms with van der Waals surface area (Å²) in [5.74, 6) is 0.423. The van der Waals surface area contributed by atoms with Crippen LogP contribution in [0.15, 0.2) is 47.4 Å². The predicted molar refractivity (Wildman–Crippen MR) is 83.9 cm³/mol. The van der Waals surface area contributed by atoms with Crippen molar-refractivity contribution in [2.75, 3.05) is 18.7 Å². The number of benzene rings is 2. The van der Waals surface area contributed by atoms with E-state index in [4.69, 9.17) is 4.74 Å². The Balaban J connectivity index is 2.27. The lowest BCUT2D eigenvalue weighted by atomic mass is 10.1. The summed E-state index contributed by atoms with van der Waals surface area (Å²) in [6.07, 6.45) is 1.99. The Morgan fingerprint density at radius 2 is 1.95 bits per heavy atom. The van der Waals surface area contributed by atoms with Gasteiger partial charge in [-0.1, -0.05) is 18.2 Å². The zero-order valence-corrected chi connectivity index (χ0v) is 12.6. The van der Waals surface area contributed by atoms with E-state index < -0.39 is 0 Å². The van der Waals surface area contributed by atoms with Crippen LogP contribution in [0.2, 0.25) is 0 Å². The molecule has 0 heterocycles. The summed E-state index contributed by atoms with van der Waals surface area (Å²) in [4.78, 5) is 13.4. The zero-order chi connectivity index (χ0) is 14.5. The largest absolute Gasteiger partial charge is 0.496 e. The SMILES string of the molecule is COc1cc(SC)ccc1C(=O)Nc1ccccc1C. The monoisotopic (exact) mass is 287 g/mol. The molecule has 0 unspecified atom stereocenters. The van der Waals surface area contributed by atoms with E-state index in [1.54, 1.807) is 24.9 Å². The number of thioether (sulfide) groups is 1. The van der Waals surface area contributed by atoms with Crippen LogP contribution in [0.3, 0.4) is 0 Å². The number of carbonyl (C=O) groups is 1. The van der Waals surface area contributed by atoms with Gasteiger partial charge in [0.15, 0.2) is 0 Å². The van der Waals surface area contributed by atoms with Gasteiger partial charge in [0.1, 0.15) is 5.75 Å². The molecule has 0 aromatic heterocycles. The highest BCUT2D eigenvalue weighted by molar-refractivity contribution is 7.98. The molecule has 0 aliphatic rings. The Morgan fingerprint density at radius 1 is 1.20 bits per heavy atom. The average molecular weight is 287 g/mol. The molecule has 0 aliphatic carbocycles. The number of hydrogen-bond donors (Lipinski definition) is 1. The fourth-order valence-corrected chi connectivity index (χ4v) is 2.32. The Hall–Kier alpha value is -1.94. The number of carbonyl (C=O) groups excluding carboxylic acids is 1. The van der Waals surface area contributed by atoms with Crippen LogP contribution in [0.1, 0.15) is 15.9 Å². The molecule has 2 aromatic rings. The minimum atomic E-state index is -0.163. The molecule has 0 spiro atoms. The zero-order valence-electron chi connectivity index (χ0n) is 11.8. The Bertz CT molecular complexity index is 626. The van der Waals surface area contributed by atoms with Crippen LogP contribution >= 0.6 is 11.8 Å². The number of anilines is 1. The summed E-state index contributed by atoms with van der Waals surface area (Å²) >= 11 is 1.61. The minimum Gasteiger partial charge on any atom is -0.496 e. The van der Waals surface area contributed by atoms with E-state index in [1.807, 2.05) is 49.6 Å². The standard InChI is InChI=1S/C16H17NO2S/c1-11-6-4-5-7-14(11)17-16(18)13-9-8-12(20-3)10-15(13)19-2/h4-10H,1-3H3,(H,17,18). The van der Waals surface area contributed by atoms with Gasteiger partial charge >= 0.3 is 0 Å². The van der Waals surface area contributed by atoms with E-state index in [9.17, 15) is 4.79 Å². The van der Waals surface area contributed by atoms with Gasteiger partial charge in [-0.3, -0.25) is 4.79 Å². The van der Waals surface area contributed by atoms with Gasteiger partial charge in [0, 0.05) is 10.6 Å². The minimum absolute atomic E-state index is 0.163. The molecule has 20 heavy (non-hydrogen) atoms. The second-order valence-corrected chi connectivity index (χ2v) is 5.21. The Labute approximate surface area is 123 Å². The molecule has 0 atom stereocenters. The number of methoxy groups -OCH3 is 1. The Morgan fingerprint density at radius 3 is 2.60 bits per heavy atom. The van der Waals surface area contributed by atoms with Gasteiger partial charge in [0.25, 0.3) is 5.91 Å². The van der Waals surface area contributed by atoms with Crippen molar-refractivity contribution >= 4 is 23.4 Å². The molecular weight excluding hydrogens is 270 g/mol. The second kappa shape index (κ2) is 6.48. The summed E-state index contributed by atoms with van der Waals surface area (Å²) in [7, 11) is 1.57. The second-order valence-electron chi connectivity index (χ2n) is 4.34. The third kappa shape index (κ3) is 3.14. The smallest absolute Gasteiger partial charge is 0.259 e. The van der Waals surface area contributed by atoms with Crippen LogP contribution in [0.25, 0.3) is 0 Å². The summed E-state index contributed by atoms with van der Waals surface area (Å²) in [5.41, 5.74) is 2.38. The lowest BCUT2D eigenvalue weighted by Crippen LogP contribution is -2.14. The van der Waals surface area contributed by atoms with Crippen molar-refractivity contribution in [3.63, 3.8) is 0 Å². The lowest BCUT2D eigenvalue weighted by Gasteiger charge is -2.11. The normalized spacial score (nSPS) is 10.2. The highest BCUT2D eigenvalue weighted by Crippen LogP contribution is 2.26. The molecule has 3 nitrogen and oxygen atoms in total. The van der Waals surface area contributed by atoms with Crippen LogP contribution < -0.4 is 10.1 Å². The number of amides is 1. The third-order valence-corrected chi connectivity index (χ3v) is 3.77. The van der Waals surface area contributed by atoms with Crippen molar-refractivity contribution in [3.8, 4) is 5.75 Å². The van der Waals surface area contributed by atoms with Crippen molar-refractivity contribution in [1.29, 1.82) is 0 Å². The van der Waals surface area contributed by atoms with Gasteiger partial charge in [-0.05, 0) is 43.0 Å². The summed E-state index contributed by atoms with van der Waals surface area (Å²) in [5, 5.41) is 2.91. The molecule has 0 bridgehead atoms. The molecule has 4 heteroatoms. The molecule has 1 N–H and O–H groups in total. The molecule has 2 rings (SSSR count). The molecule has 0 fully saturated rings. The van der Waals surface area contributed by atoms with Gasteiger partial charge in [0.05, 0.1) is 12.7 Å². The first-order valence-electron chi connectivity index (χ1n) is 6.24. The fourth-order valence-electron chi connectivity index (χ4n) is 1.89. The molecule has 104 valence electrons. The Kier molecular flexibility index (Phi) is 4.69. The first-order chi connectivity index (χ1) is 9.65. The predicted octanol–water partition coefficient (Wildman–Crippen LogP) is 3.98. The summed E-state index contributed by atoms with van der Waals surface area (Å²) in [6.45, 7) is 1.96. The van der Waals surface area contributed by atoms with Crippen LogP contribution in [-0.2, 0) is 0 Å². The maximum Gasteiger partial charge on any atom is 0.259 e. The van der Waals surface area contributed by atoms with E-state index in [0.29, 0.717) is 11.3 Å². The molecule has 0 saturated heterocycles. The van der Waals surface area contributed by atoms with Gasteiger partial charge in [0.2, 0.25) is 0 Å². The van der Waals surface area contributed by atoms with E-state index in [0.717, 1.165) is 16.1 Å². The molecule has 0 saturated carbocycles. The molecular formula is C16H17NO2S. The van der Waals surface area contributed by atoms with Crippen LogP contribution in [0.5, 0.6) is 5.75 Å². The molecule has 0 aliphatic heterocycles. The highest BCUT2D eigenvalue weighted by Gasteiger charge is 2.13. The van der Waals surface area contributed by atoms with E-state index in [1.165, 1.54) is 0 Å². The van der Waals surface area contributed by atoms with E-state index in [-0.39, 0.29) is 5.91 Å². The van der Waals surface area contributed by atoms with E-state index >= 15 is 0 Å². The van der Waals surface area contributed by atoms with Gasteiger partial charge in [-0.2, -0.15) is 0 Å². The first kappa shape index (κ1) is 14.5. The molecule has 2 aromatic carbocycles. The highest BCUT2D eigenvalue weighted by atomic mass is 32.2. The van der Waals surface area contributed by atoms with Gasteiger partial charge in [-0.25, -0.2) is 0 Å². The van der Waals surface area contributed by atoms with Crippen LogP contribution in [0, 0.1) is 6.92 Å². The van der Waals surface area contributed by atoms with Crippen molar-refractivity contribution in [1.82, 2.24) is 0 Å². The average Bonchev–Trinajstić information content (AvgIpc) is 2.48. The molecule has 1 amide bonds. The van der Waals surface area contributed by atoms with Crippen molar-refractivity contribution in [2.24, 2.45) is 0 Å². The summed E-state index contributed by atoms with van der Waals surface area (Å²) < 4.78 is 5.30. The number of rotatable bonds is 4. The maximum atomic E-state index is 12.3. The number of nitrogens with one attached hydrogen (secondary N) is 1. The molecule has 0 radical (unpaired) electrons. The van der Waals surface area contributed by atoms with Crippen molar-refractivity contribution in [3.05, 3.63) is 53.6 Å². The number of hydrogen-bond acceptors (Lipinski definition) is 3.